The molecule has 0 radical (unpaired) electrons. The summed E-state index contributed by atoms with van der Waals surface area (Å²) in [7, 11) is 0. The summed E-state index contributed by atoms with van der Waals surface area (Å²) in [5.41, 5.74) is 3.72. The maximum atomic E-state index is 11.9. The maximum Gasteiger partial charge on any atom is 0.249 e. The van der Waals surface area contributed by atoms with Crippen LogP contribution >= 0.6 is 0 Å². The number of aromatic nitrogens is 2. The van der Waals surface area contributed by atoms with Gasteiger partial charge in [0.05, 0.1) is 11.0 Å². The molecule has 4 nitrogen and oxygen atoms in total. The summed E-state index contributed by atoms with van der Waals surface area (Å²) in [6, 6.07) is 25.7. The van der Waals surface area contributed by atoms with Gasteiger partial charge in [-0.05, 0) is 30.3 Å². The van der Waals surface area contributed by atoms with E-state index in [1.807, 2.05) is 42.5 Å². The first kappa shape index (κ1) is 14.4. The fraction of sp³-hybridized carbons (Fsp3) is 0. The molecular weight excluding hydrogens is 336 g/mol. The molecule has 0 aliphatic heterocycles. The first-order chi connectivity index (χ1) is 13.3. The number of benzene rings is 3. The topological polar surface area (TPSA) is 50.9 Å². The number of hydrogen-bond donors (Lipinski definition) is 1. The first-order valence-corrected chi connectivity index (χ1v) is 8.84. The number of aromatic amines is 1. The zero-order chi connectivity index (χ0) is 18.0. The number of H-pyrrole nitrogens is 1. The summed E-state index contributed by atoms with van der Waals surface area (Å²) in [5.74, 6) is 0.751. The SMILES string of the molecule is O=c1cccc(-n2c3ccccc3c3c4c(ccc32)oc2ccccc24)[nH]1. The number of rotatable bonds is 1. The minimum atomic E-state index is -0.117. The van der Waals surface area contributed by atoms with Crippen LogP contribution in [-0.2, 0) is 0 Å². The third-order valence-corrected chi connectivity index (χ3v) is 5.17. The Balaban J connectivity index is 1.91. The minimum Gasteiger partial charge on any atom is -0.456 e. The van der Waals surface area contributed by atoms with Crippen molar-refractivity contribution in [3.05, 3.63) is 89.2 Å². The van der Waals surface area contributed by atoms with E-state index >= 15 is 0 Å². The monoisotopic (exact) mass is 350 g/mol. The highest BCUT2D eigenvalue weighted by Gasteiger charge is 2.18. The average Bonchev–Trinajstić information content (AvgIpc) is 3.23. The Bertz CT molecular complexity index is 1550. The van der Waals surface area contributed by atoms with Crippen LogP contribution in [0.4, 0.5) is 0 Å². The maximum absolute atomic E-state index is 11.9. The summed E-state index contributed by atoms with van der Waals surface area (Å²) < 4.78 is 8.18. The summed E-state index contributed by atoms with van der Waals surface area (Å²) in [6.07, 6.45) is 0. The van der Waals surface area contributed by atoms with E-state index in [4.69, 9.17) is 4.42 Å². The predicted molar refractivity (Wildman–Crippen MR) is 109 cm³/mol. The van der Waals surface area contributed by atoms with Crippen LogP contribution in [0, 0.1) is 0 Å². The van der Waals surface area contributed by atoms with Gasteiger partial charge in [0.2, 0.25) is 5.56 Å². The van der Waals surface area contributed by atoms with Gasteiger partial charge in [0.1, 0.15) is 17.0 Å². The molecule has 6 rings (SSSR count). The van der Waals surface area contributed by atoms with E-state index in [0.29, 0.717) is 0 Å². The van der Waals surface area contributed by atoms with Crippen molar-refractivity contribution in [3.63, 3.8) is 0 Å². The van der Waals surface area contributed by atoms with E-state index in [9.17, 15) is 4.79 Å². The second-order valence-electron chi connectivity index (χ2n) is 6.68. The van der Waals surface area contributed by atoms with Gasteiger partial charge in [-0.1, -0.05) is 42.5 Å². The standard InChI is InChI=1S/C23H14N2O2/c26-21-11-5-10-20(24-21)25-16-8-3-1-6-14(16)22-17(25)12-13-19-23(22)15-7-2-4-9-18(15)27-19/h1-13H,(H,24,26). The Morgan fingerprint density at radius 2 is 1.48 bits per heavy atom. The lowest BCUT2D eigenvalue weighted by Gasteiger charge is -2.06. The number of nitrogens with one attached hydrogen (secondary N) is 1. The van der Waals surface area contributed by atoms with Crippen molar-refractivity contribution in [2.75, 3.05) is 0 Å². The molecule has 4 heteroatoms. The fourth-order valence-electron chi connectivity index (χ4n) is 4.10. The Morgan fingerprint density at radius 3 is 2.37 bits per heavy atom. The number of hydrogen-bond acceptors (Lipinski definition) is 2. The van der Waals surface area contributed by atoms with Crippen LogP contribution in [0.25, 0.3) is 49.6 Å². The highest BCUT2D eigenvalue weighted by molar-refractivity contribution is 6.27. The third kappa shape index (κ3) is 1.89. The molecule has 3 aromatic carbocycles. The molecule has 3 aromatic heterocycles. The lowest BCUT2D eigenvalue weighted by molar-refractivity contribution is 0.669. The second kappa shape index (κ2) is 5.11. The lowest BCUT2D eigenvalue weighted by atomic mass is 10.1. The number of fused-ring (bicyclic) bond motifs is 7. The van der Waals surface area contributed by atoms with Gasteiger partial charge in [0.25, 0.3) is 0 Å². The molecule has 1 N–H and O–H groups in total. The van der Waals surface area contributed by atoms with Gasteiger partial charge in [0, 0.05) is 27.6 Å². The molecule has 0 aliphatic rings. The normalized spacial score (nSPS) is 11.9. The van der Waals surface area contributed by atoms with Crippen molar-refractivity contribution < 1.29 is 4.42 Å². The first-order valence-electron chi connectivity index (χ1n) is 8.84. The van der Waals surface area contributed by atoms with Crippen LogP contribution in [0.2, 0.25) is 0 Å². The van der Waals surface area contributed by atoms with Crippen LogP contribution in [-0.4, -0.2) is 9.55 Å². The van der Waals surface area contributed by atoms with Crippen molar-refractivity contribution in [3.8, 4) is 5.82 Å². The van der Waals surface area contributed by atoms with Gasteiger partial charge in [-0.2, -0.15) is 0 Å². The molecular formula is C23H14N2O2. The molecule has 27 heavy (non-hydrogen) atoms. The molecule has 0 aliphatic carbocycles. The van der Waals surface area contributed by atoms with Gasteiger partial charge < -0.3 is 9.40 Å². The molecule has 0 fully saturated rings. The van der Waals surface area contributed by atoms with Crippen molar-refractivity contribution in [1.29, 1.82) is 0 Å². The van der Waals surface area contributed by atoms with E-state index in [0.717, 1.165) is 49.6 Å². The molecule has 0 atom stereocenters. The quantitative estimate of drug-likeness (QED) is 0.433. The highest BCUT2D eigenvalue weighted by atomic mass is 16.3. The number of nitrogens with zero attached hydrogens (tertiary/aromatic N) is 1. The Kier molecular flexibility index (Phi) is 2.72. The van der Waals surface area contributed by atoms with Gasteiger partial charge in [-0.3, -0.25) is 9.36 Å². The third-order valence-electron chi connectivity index (χ3n) is 5.17. The summed E-state index contributed by atoms with van der Waals surface area (Å²) in [4.78, 5) is 14.9. The molecule has 0 spiro atoms. The van der Waals surface area contributed by atoms with Crippen molar-refractivity contribution in [2.45, 2.75) is 0 Å². The number of para-hydroxylation sites is 2. The average molecular weight is 350 g/mol. The molecule has 3 heterocycles. The van der Waals surface area contributed by atoms with Gasteiger partial charge in [-0.25, -0.2) is 0 Å². The summed E-state index contributed by atoms with van der Waals surface area (Å²) in [6.45, 7) is 0. The molecule has 6 aromatic rings. The zero-order valence-electron chi connectivity index (χ0n) is 14.3. The van der Waals surface area contributed by atoms with Crippen molar-refractivity contribution in [2.24, 2.45) is 0 Å². The number of pyridine rings is 1. The predicted octanol–water partition coefficient (Wildman–Crippen LogP) is 5.37. The Labute approximate surface area is 153 Å². The van der Waals surface area contributed by atoms with E-state index in [1.54, 1.807) is 6.07 Å². The fourth-order valence-corrected chi connectivity index (χ4v) is 4.10. The largest absolute Gasteiger partial charge is 0.456 e. The van der Waals surface area contributed by atoms with Crippen molar-refractivity contribution >= 4 is 43.7 Å². The molecule has 128 valence electrons. The van der Waals surface area contributed by atoms with Crippen molar-refractivity contribution in [1.82, 2.24) is 9.55 Å². The van der Waals surface area contributed by atoms with Crippen LogP contribution in [0.5, 0.6) is 0 Å². The highest BCUT2D eigenvalue weighted by Crippen LogP contribution is 2.40. The van der Waals surface area contributed by atoms with Crippen LogP contribution in [0.1, 0.15) is 0 Å². The number of furan rings is 1. The Morgan fingerprint density at radius 1 is 0.667 bits per heavy atom. The molecule has 0 saturated carbocycles. The zero-order valence-corrected chi connectivity index (χ0v) is 14.3. The second-order valence-corrected chi connectivity index (χ2v) is 6.68. The van der Waals surface area contributed by atoms with E-state index < -0.39 is 0 Å². The molecule has 0 amide bonds. The van der Waals surface area contributed by atoms with Crippen LogP contribution in [0.15, 0.2) is 88.1 Å². The van der Waals surface area contributed by atoms with E-state index in [2.05, 4.69) is 33.8 Å². The summed E-state index contributed by atoms with van der Waals surface area (Å²) in [5, 5.41) is 4.48. The van der Waals surface area contributed by atoms with Crippen LogP contribution in [0.3, 0.4) is 0 Å². The lowest BCUT2D eigenvalue weighted by Crippen LogP contribution is -2.08. The van der Waals surface area contributed by atoms with E-state index in [1.165, 1.54) is 6.07 Å². The van der Waals surface area contributed by atoms with Gasteiger partial charge in [0.15, 0.2) is 0 Å². The minimum absolute atomic E-state index is 0.117. The van der Waals surface area contributed by atoms with Gasteiger partial charge in [-0.15, -0.1) is 0 Å². The smallest absolute Gasteiger partial charge is 0.249 e. The van der Waals surface area contributed by atoms with E-state index in [-0.39, 0.29) is 5.56 Å². The van der Waals surface area contributed by atoms with Crippen LogP contribution < -0.4 is 5.56 Å². The summed E-state index contributed by atoms with van der Waals surface area (Å²) >= 11 is 0. The molecule has 0 bridgehead atoms. The van der Waals surface area contributed by atoms with Gasteiger partial charge >= 0.3 is 0 Å². The molecule has 0 unspecified atom stereocenters. The Hall–Kier alpha value is -3.79. The molecule has 0 saturated heterocycles.